The molecule has 2 aromatic heterocycles. The number of esters is 1. The number of thiophene rings is 1. The molecule has 8 heteroatoms. The number of anilines is 1. The van der Waals surface area contributed by atoms with Gasteiger partial charge in [-0.1, -0.05) is 26.0 Å². The number of carbonyl (C=O) groups is 2. The summed E-state index contributed by atoms with van der Waals surface area (Å²) in [6.07, 6.45) is 1.34. The van der Waals surface area contributed by atoms with E-state index in [1.807, 2.05) is 45.9 Å². The summed E-state index contributed by atoms with van der Waals surface area (Å²) in [6, 6.07) is 5.66. The number of benzene rings is 1. The lowest BCUT2D eigenvalue weighted by atomic mass is 10.1. The van der Waals surface area contributed by atoms with Gasteiger partial charge in [0.05, 0.1) is 18.3 Å². The summed E-state index contributed by atoms with van der Waals surface area (Å²) < 4.78 is 6.55. The number of hydrogen-bond donors (Lipinski definition) is 1. The van der Waals surface area contributed by atoms with Gasteiger partial charge in [0, 0.05) is 5.69 Å². The molecule has 0 aliphatic heterocycles. The summed E-state index contributed by atoms with van der Waals surface area (Å²) in [5.41, 5.74) is 2.94. The topological polar surface area (TPSA) is 90.3 Å². The lowest BCUT2D eigenvalue weighted by molar-refractivity contribution is -0.116. The van der Waals surface area contributed by atoms with Crippen molar-refractivity contribution in [2.75, 3.05) is 11.9 Å². The van der Waals surface area contributed by atoms with Gasteiger partial charge in [0.25, 0.3) is 5.56 Å². The van der Waals surface area contributed by atoms with Crippen LogP contribution in [0.1, 0.15) is 40.2 Å². The molecule has 0 aliphatic carbocycles. The largest absolute Gasteiger partial charge is 0.461 e. The minimum absolute atomic E-state index is 0.169. The minimum Gasteiger partial charge on any atom is -0.461 e. The molecule has 0 fully saturated rings. The Labute approximate surface area is 178 Å². The second kappa shape index (κ2) is 8.79. The van der Waals surface area contributed by atoms with Gasteiger partial charge in [0.1, 0.15) is 16.3 Å². The van der Waals surface area contributed by atoms with E-state index in [2.05, 4.69) is 10.3 Å². The van der Waals surface area contributed by atoms with Crippen molar-refractivity contribution < 1.29 is 14.3 Å². The molecule has 7 nitrogen and oxygen atoms in total. The predicted molar refractivity (Wildman–Crippen MR) is 118 cm³/mol. The first-order valence-electron chi connectivity index (χ1n) is 9.70. The summed E-state index contributed by atoms with van der Waals surface area (Å²) in [4.78, 5) is 42.9. The van der Waals surface area contributed by atoms with Gasteiger partial charge in [0.2, 0.25) is 5.91 Å². The number of fused-ring (bicyclic) bond motifs is 1. The van der Waals surface area contributed by atoms with Crippen LogP contribution in [0.3, 0.4) is 0 Å². The molecule has 3 rings (SSSR count). The minimum atomic E-state index is -0.456. The molecule has 0 spiro atoms. The molecule has 3 aromatic rings. The van der Waals surface area contributed by atoms with Crippen LogP contribution in [0.25, 0.3) is 10.2 Å². The second-order valence-electron chi connectivity index (χ2n) is 7.70. The molecular weight excluding hydrogens is 402 g/mol. The van der Waals surface area contributed by atoms with Crippen molar-refractivity contribution in [3.63, 3.8) is 0 Å². The monoisotopic (exact) mass is 427 g/mol. The van der Waals surface area contributed by atoms with Gasteiger partial charge in [0.15, 0.2) is 0 Å². The summed E-state index contributed by atoms with van der Waals surface area (Å²) in [7, 11) is 0. The number of carbonyl (C=O) groups excluding carboxylic acids is 2. The van der Waals surface area contributed by atoms with E-state index in [-0.39, 0.29) is 23.9 Å². The van der Waals surface area contributed by atoms with Gasteiger partial charge in [-0.3, -0.25) is 14.2 Å². The van der Waals surface area contributed by atoms with E-state index in [1.54, 1.807) is 6.92 Å². The molecule has 0 saturated carbocycles. The average Bonchev–Trinajstić information content (AvgIpc) is 3.03. The van der Waals surface area contributed by atoms with Crippen molar-refractivity contribution in [3.05, 3.63) is 56.4 Å². The van der Waals surface area contributed by atoms with Crippen molar-refractivity contribution in [2.24, 2.45) is 5.92 Å². The van der Waals surface area contributed by atoms with Gasteiger partial charge in [-0.25, -0.2) is 9.78 Å². The lowest BCUT2D eigenvalue weighted by Crippen LogP contribution is -2.28. The highest BCUT2D eigenvalue weighted by Gasteiger charge is 2.21. The Balaban J connectivity index is 1.85. The van der Waals surface area contributed by atoms with E-state index in [4.69, 9.17) is 4.74 Å². The smallest absolute Gasteiger partial charge is 0.348 e. The Morgan fingerprint density at radius 2 is 1.93 bits per heavy atom. The third kappa shape index (κ3) is 4.43. The molecule has 0 radical (unpaired) electrons. The van der Waals surface area contributed by atoms with Crippen molar-refractivity contribution >= 4 is 39.1 Å². The highest BCUT2D eigenvalue weighted by Crippen LogP contribution is 2.27. The van der Waals surface area contributed by atoms with Gasteiger partial charge >= 0.3 is 5.97 Å². The van der Waals surface area contributed by atoms with Crippen LogP contribution in [-0.2, 0) is 16.1 Å². The van der Waals surface area contributed by atoms with Gasteiger partial charge in [-0.05, 0) is 49.4 Å². The number of aromatic nitrogens is 2. The van der Waals surface area contributed by atoms with Gasteiger partial charge < -0.3 is 10.1 Å². The SMILES string of the molecule is Cc1cccc(NC(=O)Cn2cnc3sc(C(=O)OCC(C)C)c(C)c3c2=O)c1C. The van der Waals surface area contributed by atoms with Gasteiger partial charge in [-0.15, -0.1) is 11.3 Å². The molecular formula is C22H25N3O4S. The van der Waals surface area contributed by atoms with Crippen LogP contribution in [-0.4, -0.2) is 28.0 Å². The number of rotatable bonds is 6. The molecule has 0 atom stereocenters. The quantitative estimate of drug-likeness (QED) is 0.604. The fourth-order valence-electron chi connectivity index (χ4n) is 3.01. The zero-order valence-electron chi connectivity index (χ0n) is 17.7. The number of ether oxygens (including phenoxy) is 1. The van der Waals surface area contributed by atoms with Crippen LogP contribution >= 0.6 is 11.3 Å². The van der Waals surface area contributed by atoms with Crippen LogP contribution in [0, 0.1) is 26.7 Å². The summed E-state index contributed by atoms with van der Waals surface area (Å²) in [6.45, 7) is 9.65. The van der Waals surface area contributed by atoms with E-state index in [1.165, 1.54) is 10.9 Å². The molecule has 30 heavy (non-hydrogen) atoms. The summed E-state index contributed by atoms with van der Waals surface area (Å²) >= 11 is 1.13. The summed E-state index contributed by atoms with van der Waals surface area (Å²) in [5.74, 6) is -0.561. The van der Waals surface area contributed by atoms with E-state index < -0.39 is 5.97 Å². The fraction of sp³-hybridized carbons (Fsp3) is 0.364. The molecule has 2 heterocycles. The summed E-state index contributed by atoms with van der Waals surface area (Å²) in [5, 5.41) is 3.19. The molecule has 0 saturated heterocycles. The normalized spacial score (nSPS) is 11.1. The van der Waals surface area contributed by atoms with E-state index in [0.717, 1.165) is 22.5 Å². The Kier molecular flexibility index (Phi) is 6.36. The Morgan fingerprint density at radius 1 is 1.20 bits per heavy atom. The first-order valence-corrected chi connectivity index (χ1v) is 10.5. The van der Waals surface area contributed by atoms with E-state index in [0.29, 0.717) is 33.0 Å². The maximum atomic E-state index is 13.0. The van der Waals surface area contributed by atoms with Crippen molar-refractivity contribution in [2.45, 2.75) is 41.2 Å². The zero-order valence-corrected chi connectivity index (χ0v) is 18.6. The second-order valence-corrected chi connectivity index (χ2v) is 8.70. The Morgan fingerprint density at radius 3 is 2.63 bits per heavy atom. The zero-order chi connectivity index (χ0) is 22.0. The maximum absolute atomic E-state index is 13.0. The molecule has 1 amide bonds. The van der Waals surface area contributed by atoms with Crippen LogP contribution in [0.2, 0.25) is 0 Å². The molecule has 158 valence electrons. The third-order valence-electron chi connectivity index (χ3n) is 4.84. The number of nitrogens with zero attached hydrogens (tertiary/aromatic N) is 2. The Bertz CT molecular complexity index is 1180. The third-order valence-corrected chi connectivity index (χ3v) is 6.02. The molecule has 0 unspecified atom stereocenters. The Hall–Kier alpha value is -3.00. The molecule has 0 aliphatic rings. The number of amides is 1. The fourth-order valence-corrected chi connectivity index (χ4v) is 4.04. The number of hydrogen-bond acceptors (Lipinski definition) is 6. The molecule has 1 aromatic carbocycles. The van der Waals surface area contributed by atoms with Gasteiger partial charge in [-0.2, -0.15) is 0 Å². The molecule has 0 bridgehead atoms. The van der Waals surface area contributed by atoms with E-state index in [9.17, 15) is 14.4 Å². The average molecular weight is 428 g/mol. The number of nitrogens with one attached hydrogen (secondary N) is 1. The van der Waals surface area contributed by atoms with Crippen LogP contribution in [0.5, 0.6) is 0 Å². The number of aryl methyl sites for hydroxylation is 2. The highest BCUT2D eigenvalue weighted by molar-refractivity contribution is 7.20. The van der Waals surface area contributed by atoms with Crippen LogP contribution in [0.4, 0.5) is 5.69 Å². The standard InChI is InChI=1S/C22H25N3O4S/c1-12(2)10-29-22(28)19-15(5)18-20(30-19)23-11-25(21(18)27)9-17(26)24-16-8-6-7-13(3)14(16)4/h6-8,11-12H,9-10H2,1-5H3,(H,24,26). The van der Waals surface area contributed by atoms with Crippen molar-refractivity contribution in [1.82, 2.24) is 9.55 Å². The predicted octanol–water partition coefficient (Wildman–Crippen LogP) is 3.83. The van der Waals surface area contributed by atoms with Crippen LogP contribution < -0.4 is 10.9 Å². The lowest BCUT2D eigenvalue weighted by Gasteiger charge is -2.11. The first kappa shape index (κ1) is 21.7. The maximum Gasteiger partial charge on any atom is 0.348 e. The van der Waals surface area contributed by atoms with Crippen LogP contribution in [0.15, 0.2) is 29.3 Å². The highest BCUT2D eigenvalue weighted by atomic mass is 32.1. The molecule has 1 N–H and O–H groups in total. The first-order chi connectivity index (χ1) is 14.2. The van der Waals surface area contributed by atoms with Crippen molar-refractivity contribution in [3.8, 4) is 0 Å². The van der Waals surface area contributed by atoms with E-state index >= 15 is 0 Å². The van der Waals surface area contributed by atoms with Crippen molar-refractivity contribution in [1.29, 1.82) is 0 Å².